The number of aromatic nitrogens is 1. The molecule has 1 saturated heterocycles. The normalized spacial score (nSPS) is 17.2. The molecule has 3 aromatic rings. The Labute approximate surface area is 210 Å². The number of hydrogen-bond acceptors (Lipinski definition) is 4. The molecule has 7 heteroatoms. The first kappa shape index (κ1) is 24.0. The third kappa shape index (κ3) is 5.76. The van der Waals surface area contributed by atoms with Crippen LogP contribution in [0.3, 0.4) is 0 Å². The lowest BCUT2D eigenvalue weighted by Gasteiger charge is -2.32. The molecule has 1 aliphatic carbocycles. The van der Waals surface area contributed by atoms with Crippen LogP contribution < -0.4 is 10.1 Å². The summed E-state index contributed by atoms with van der Waals surface area (Å²) in [5.41, 5.74) is 2.84. The first-order valence-electron chi connectivity index (χ1n) is 12.4. The minimum absolute atomic E-state index is 0.0264. The van der Waals surface area contributed by atoms with Crippen molar-refractivity contribution in [1.82, 2.24) is 15.2 Å². The van der Waals surface area contributed by atoms with Gasteiger partial charge in [-0.2, -0.15) is 0 Å². The van der Waals surface area contributed by atoms with Crippen LogP contribution in [0.15, 0.2) is 42.5 Å². The number of fused-ring (bicyclic) bond motifs is 1. The van der Waals surface area contributed by atoms with Gasteiger partial charge in [-0.15, -0.1) is 0 Å². The highest BCUT2D eigenvalue weighted by molar-refractivity contribution is 6.31. The maximum atomic E-state index is 13.8. The highest BCUT2D eigenvalue weighted by Crippen LogP contribution is 2.33. The van der Waals surface area contributed by atoms with Crippen LogP contribution in [0.1, 0.15) is 45.1 Å². The van der Waals surface area contributed by atoms with Crippen LogP contribution in [-0.4, -0.2) is 47.1 Å². The van der Waals surface area contributed by atoms with E-state index in [-0.39, 0.29) is 29.5 Å². The monoisotopic (exact) mass is 495 g/mol. The smallest absolute Gasteiger partial charge is 0.224 e. The van der Waals surface area contributed by atoms with Crippen LogP contribution >= 0.6 is 11.6 Å². The van der Waals surface area contributed by atoms with Gasteiger partial charge in [0.1, 0.15) is 17.7 Å². The molecule has 1 N–H and O–H groups in total. The molecular formula is C28H31ClFN3O2. The predicted octanol–water partition coefficient (Wildman–Crippen LogP) is 5.77. The summed E-state index contributed by atoms with van der Waals surface area (Å²) in [6, 6.07) is 13.2. The molecule has 0 atom stereocenters. The molecule has 2 aliphatic rings. The fraction of sp³-hybridized carbons (Fsp3) is 0.429. The zero-order valence-corrected chi connectivity index (χ0v) is 20.9. The van der Waals surface area contributed by atoms with E-state index in [4.69, 9.17) is 21.3 Å². The van der Waals surface area contributed by atoms with E-state index in [0.29, 0.717) is 11.3 Å². The number of rotatable bonds is 7. The van der Waals surface area contributed by atoms with Crippen LogP contribution in [0.5, 0.6) is 5.75 Å². The molecule has 0 unspecified atom stereocenters. The number of carbonyl (C=O) groups is 1. The summed E-state index contributed by atoms with van der Waals surface area (Å²) < 4.78 is 20.1. The minimum Gasteiger partial charge on any atom is -0.490 e. The van der Waals surface area contributed by atoms with Gasteiger partial charge < -0.3 is 15.0 Å². The molecule has 0 spiro atoms. The molecule has 1 saturated carbocycles. The van der Waals surface area contributed by atoms with Gasteiger partial charge >= 0.3 is 0 Å². The number of ether oxygens (including phenoxy) is 1. The highest BCUT2D eigenvalue weighted by Gasteiger charge is 2.32. The van der Waals surface area contributed by atoms with E-state index in [0.717, 1.165) is 54.2 Å². The highest BCUT2D eigenvalue weighted by atomic mass is 35.5. The van der Waals surface area contributed by atoms with E-state index in [9.17, 15) is 9.18 Å². The van der Waals surface area contributed by atoms with Crippen molar-refractivity contribution < 1.29 is 13.9 Å². The quantitative estimate of drug-likeness (QED) is 0.452. The molecule has 1 aliphatic heterocycles. The molecule has 0 radical (unpaired) electrons. The van der Waals surface area contributed by atoms with E-state index in [1.54, 1.807) is 12.1 Å². The maximum absolute atomic E-state index is 13.8. The lowest BCUT2D eigenvalue weighted by molar-refractivity contribution is -0.120. The van der Waals surface area contributed by atoms with E-state index in [1.807, 2.05) is 38.1 Å². The molecule has 184 valence electrons. The Hall–Kier alpha value is -2.70. The summed E-state index contributed by atoms with van der Waals surface area (Å²) in [6.45, 7) is 6.05. The number of benzene rings is 2. The van der Waals surface area contributed by atoms with Crippen molar-refractivity contribution in [2.75, 3.05) is 13.1 Å². The van der Waals surface area contributed by atoms with Crippen LogP contribution in [0, 0.1) is 5.82 Å². The van der Waals surface area contributed by atoms with Crippen molar-refractivity contribution in [2.24, 2.45) is 0 Å². The number of nitrogens with one attached hydrogen (secondary N) is 1. The SMILES string of the molecule is CC(C)NC(=O)Cc1cc2cc(OC3CCN(C4CC4)CC3)ccc2nc1-c1ccc(F)c(Cl)c1. The minimum atomic E-state index is -0.486. The van der Waals surface area contributed by atoms with Crippen molar-refractivity contribution in [3.05, 3.63) is 58.9 Å². The molecule has 5 nitrogen and oxygen atoms in total. The van der Waals surface area contributed by atoms with Gasteiger partial charge in [0.15, 0.2) is 0 Å². The fourth-order valence-electron chi connectivity index (χ4n) is 4.84. The average molecular weight is 496 g/mol. The molecule has 2 fully saturated rings. The number of pyridine rings is 1. The topological polar surface area (TPSA) is 54.5 Å². The Kier molecular flexibility index (Phi) is 6.94. The Balaban J connectivity index is 1.42. The van der Waals surface area contributed by atoms with Crippen molar-refractivity contribution in [3.63, 3.8) is 0 Å². The number of carbonyl (C=O) groups excluding carboxylic acids is 1. The number of piperidine rings is 1. The molecule has 1 amide bonds. The number of likely N-dealkylation sites (tertiary alicyclic amines) is 1. The summed E-state index contributed by atoms with van der Waals surface area (Å²) >= 11 is 6.05. The van der Waals surface area contributed by atoms with Crippen molar-refractivity contribution in [3.8, 4) is 17.0 Å². The standard InChI is InChI=1S/C28H31ClFN3O2/c1-17(2)31-27(34)16-20-13-19-14-23(35-22-9-11-33(12-10-22)21-4-5-21)6-8-26(19)32-28(20)18-3-7-25(30)24(29)15-18/h3,6-8,13-15,17,21-22H,4-5,9-12,16H2,1-2H3,(H,31,34). The van der Waals surface area contributed by atoms with Gasteiger partial charge in [0.25, 0.3) is 0 Å². The van der Waals surface area contributed by atoms with Crippen LogP contribution in [0.2, 0.25) is 5.02 Å². The second-order valence-electron chi connectivity index (χ2n) is 9.96. The molecule has 1 aromatic heterocycles. The van der Waals surface area contributed by atoms with Gasteiger partial charge in [0.2, 0.25) is 5.91 Å². The predicted molar refractivity (Wildman–Crippen MR) is 137 cm³/mol. The first-order valence-corrected chi connectivity index (χ1v) is 12.8. The summed E-state index contributed by atoms with van der Waals surface area (Å²) in [7, 11) is 0. The molecular weight excluding hydrogens is 465 g/mol. The number of amides is 1. The van der Waals surface area contributed by atoms with Gasteiger partial charge in [0, 0.05) is 36.1 Å². The van der Waals surface area contributed by atoms with Crippen LogP contribution in [0.4, 0.5) is 4.39 Å². The summed E-state index contributed by atoms with van der Waals surface area (Å²) in [5, 5.41) is 3.87. The Morgan fingerprint density at radius 3 is 2.60 bits per heavy atom. The maximum Gasteiger partial charge on any atom is 0.224 e. The molecule has 2 heterocycles. The van der Waals surface area contributed by atoms with E-state index in [2.05, 4.69) is 10.2 Å². The zero-order chi connectivity index (χ0) is 24.5. The second-order valence-corrected chi connectivity index (χ2v) is 10.4. The summed E-state index contributed by atoms with van der Waals surface area (Å²) in [5.74, 6) is 0.241. The lowest BCUT2D eigenvalue weighted by atomic mass is 10.00. The lowest BCUT2D eigenvalue weighted by Crippen LogP contribution is -2.39. The third-order valence-corrected chi connectivity index (χ3v) is 6.99. The van der Waals surface area contributed by atoms with Gasteiger partial charge in [0.05, 0.1) is 22.7 Å². The van der Waals surface area contributed by atoms with Crippen LogP contribution in [0.25, 0.3) is 22.2 Å². The molecule has 2 aromatic carbocycles. The number of nitrogens with zero attached hydrogens (tertiary/aromatic N) is 2. The van der Waals surface area contributed by atoms with Crippen molar-refractivity contribution in [1.29, 1.82) is 0 Å². The Morgan fingerprint density at radius 1 is 1.14 bits per heavy atom. The molecule has 0 bridgehead atoms. The second kappa shape index (κ2) is 10.1. The van der Waals surface area contributed by atoms with Gasteiger partial charge in [-0.3, -0.25) is 4.79 Å². The van der Waals surface area contributed by atoms with E-state index >= 15 is 0 Å². The Morgan fingerprint density at radius 2 is 1.91 bits per heavy atom. The molecule has 35 heavy (non-hydrogen) atoms. The molecule has 5 rings (SSSR count). The van der Waals surface area contributed by atoms with Gasteiger partial charge in [-0.1, -0.05) is 11.6 Å². The average Bonchev–Trinajstić information content (AvgIpc) is 3.66. The Bertz CT molecular complexity index is 1240. The van der Waals surface area contributed by atoms with Gasteiger partial charge in [-0.05, 0) is 87.6 Å². The summed E-state index contributed by atoms with van der Waals surface area (Å²) in [4.78, 5) is 20.1. The van der Waals surface area contributed by atoms with Crippen LogP contribution in [-0.2, 0) is 11.2 Å². The third-order valence-electron chi connectivity index (χ3n) is 6.70. The largest absolute Gasteiger partial charge is 0.490 e. The van der Waals surface area contributed by atoms with Gasteiger partial charge in [-0.25, -0.2) is 9.37 Å². The number of hydrogen-bond donors (Lipinski definition) is 1. The zero-order valence-electron chi connectivity index (χ0n) is 20.2. The fourth-order valence-corrected chi connectivity index (χ4v) is 5.02. The van der Waals surface area contributed by atoms with Crippen molar-refractivity contribution in [2.45, 2.75) is 64.1 Å². The first-order chi connectivity index (χ1) is 16.9. The van der Waals surface area contributed by atoms with Crippen molar-refractivity contribution >= 4 is 28.4 Å². The van der Waals surface area contributed by atoms with E-state index in [1.165, 1.54) is 18.9 Å². The number of halogens is 2. The van der Waals surface area contributed by atoms with E-state index < -0.39 is 5.82 Å². The summed E-state index contributed by atoms with van der Waals surface area (Å²) in [6.07, 6.45) is 5.14.